The van der Waals surface area contributed by atoms with Crippen molar-refractivity contribution in [3.63, 3.8) is 0 Å². The monoisotopic (exact) mass is 273 g/mol. The Morgan fingerprint density at radius 1 is 1.47 bits per heavy atom. The summed E-state index contributed by atoms with van der Waals surface area (Å²) >= 11 is 7.75. The lowest BCUT2D eigenvalue weighted by molar-refractivity contribution is -0.0870. The molecule has 0 amide bonds. The molecule has 0 saturated carbocycles. The highest BCUT2D eigenvalue weighted by Crippen LogP contribution is 2.39. The van der Waals surface area contributed by atoms with Gasteiger partial charge in [-0.05, 0) is 24.5 Å². The molecule has 0 aromatic carbocycles. The molecule has 1 aromatic heterocycles. The molecule has 17 heavy (non-hydrogen) atoms. The zero-order valence-corrected chi connectivity index (χ0v) is 11.1. The minimum absolute atomic E-state index is 0.196. The molecule has 1 saturated heterocycles. The zero-order valence-electron chi connectivity index (χ0n) is 9.58. The Kier molecular flexibility index (Phi) is 3.68. The van der Waals surface area contributed by atoms with Crippen LogP contribution in [0.5, 0.6) is 0 Å². The van der Waals surface area contributed by atoms with Crippen molar-refractivity contribution in [1.82, 2.24) is 5.32 Å². The molecule has 5 heteroatoms. The van der Waals surface area contributed by atoms with Crippen LogP contribution in [0, 0.1) is 0 Å². The lowest BCUT2D eigenvalue weighted by Gasteiger charge is -2.24. The molecule has 1 aliphatic heterocycles. The van der Waals surface area contributed by atoms with E-state index >= 15 is 0 Å². The van der Waals surface area contributed by atoms with Gasteiger partial charge >= 0.3 is 0 Å². The lowest BCUT2D eigenvalue weighted by atomic mass is 10.1. The van der Waals surface area contributed by atoms with E-state index < -0.39 is 0 Å². The minimum Gasteiger partial charge on any atom is -0.376 e. The van der Waals surface area contributed by atoms with Crippen LogP contribution < -0.4 is 5.32 Å². The molecule has 2 atom stereocenters. The Bertz CT molecular complexity index is 390. The van der Waals surface area contributed by atoms with Crippen LogP contribution in [-0.2, 0) is 15.9 Å². The largest absolute Gasteiger partial charge is 0.376 e. The van der Waals surface area contributed by atoms with Crippen molar-refractivity contribution in [2.75, 3.05) is 26.4 Å². The number of fused-ring (bicyclic) bond motifs is 1. The number of aryl methyl sites for hydroxylation is 1. The summed E-state index contributed by atoms with van der Waals surface area (Å²) in [6.45, 7) is 3.01. The first-order chi connectivity index (χ1) is 8.33. The maximum absolute atomic E-state index is 6.04. The molecule has 1 aliphatic carbocycles. The molecule has 2 heterocycles. The maximum Gasteiger partial charge on any atom is 0.0934 e. The van der Waals surface area contributed by atoms with Crippen LogP contribution >= 0.6 is 22.9 Å². The van der Waals surface area contributed by atoms with Crippen LogP contribution in [0.3, 0.4) is 0 Å². The van der Waals surface area contributed by atoms with Gasteiger partial charge in [-0.2, -0.15) is 0 Å². The standard InChI is InChI=1S/C12H16ClNO2S/c13-12-5-9-10(1-2-11(9)17-12)14-6-8-7-15-3-4-16-8/h5,8,10,14H,1-4,6-7H2. The van der Waals surface area contributed by atoms with Gasteiger partial charge in [0.25, 0.3) is 0 Å². The third kappa shape index (κ3) is 2.66. The number of halogens is 1. The van der Waals surface area contributed by atoms with Gasteiger partial charge in [0.05, 0.1) is 30.3 Å². The number of hydrogen-bond donors (Lipinski definition) is 1. The van der Waals surface area contributed by atoms with Gasteiger partial charge in [0.2, 0.25) is 0 Å². The van der Waals surface area contributed by atoms with E-state index in [1.165, 1.54) is 16.9 Å². The van der Waals surface area contributed by atoms with Gasteiger partial charge < -0.3 is 14.8 Å². The van der Waals surface area contributed by atoms with E-state index in [9.17, 15) is 0 Å². The molecular weight excluding hydrogens is 258 g/mol. The Morgan fingerprint density at radius 3 is 3.24 bits per heavy atom. The summed E-state index contributed by atoms with van der Waals surface area (Å²) in [5.74, 6) is 0. The third-order valence-corrected chi connectivity index (χ3v) is 4.66. The van der Waals surface area contributed by atoms with Crippen molar-refractivity contribution in [3.05, 3.63) is 20.8 Å². The highest BCUT2D eigenvalue weighted by atomic mass is 35.5. The fourth-order valence-electron chi connectivity index (χ4n) is 2.47. The molecule has 94 valence electrons. The highest BCUT2D eigenvalue weighted by Gasteiger charge is 2.25. The topological polar surface area (TPSA) is 30.5 Å². The summed E-state index contributed by atoms with van der Waals surface area (Å²) in [5.41, 5.74) is 1.39. The molecule has 0 spiro atoms. The molecule has 1 fully saturated rings. The summed E-state index contributed by atoms with van der Waals surface area (Å²) in [7, 11) is 0. The quantitative estimate of drug-likeness (QED) is 0.917. The van der Waals surface area contributed by atoms with Crippen LogP contribution in [-0.4, -0.2) is 32.5 Å². The van der Waals surface area contributed by atoms with E-state index in [2.05, 4.69) is 11.4 Å². The van der Waals surface area contributed by atoms with Crippen LogP contribution in [0.15, 0.2) is 6.07 Å². The van der Waals surface area contributed by atoms with E-state index in [1.807, 2.05) is 0 Å². The van der Waals surface area contributed by atoms with Crippen molar-refractivity contribution in [3.8, 4) is 0 Å². The fraction of sp³-hybridized carbons (Fsp3) is 0.667. The second-order valence-electron chi connectivity index (χ2n) is 4.50. The molecule has 3 rings (SSSR count). The predicted molar refractivity (Wildman–Crippen MR) is 69.0 cm³/mol. The molecular formula is C12H16ClNO2S. The van der Waals surface area contributed by atoms with Crippen molar-refractivity contribution in [2.24, 2.45) is 0 Å². The average Bonchev–Trinajstić information content (AvgIpc) is 2.87. The van der Waals surface area contributed by atoms with Gasteiger partial charge in [0, 0.05) is 17.5 Å². The summed E-state index contributed by atoms with van der Waals surface area (Å²) in [6, 6.07) is 2.55. The van der Waals surface area contributed by atoms with E-state index in [0.717, 1.165) is 23.9 Å². The first kappa shape index (κ1) is 11.9. The van der Waals surface area contributed by atoms with Crippen molar-refractivity contribution in [1.29, 1.82) is 0 Å². The van der Waals surface area contributed by atoms with E-state index in [4.69, 9.17) is 21.1 Å². The lowest BCUT2D eigenvalue weighted by Crippen LogP contribution is -2.38. The molecule has 1 N–H and O–H groups in total. The first-order valence-corrected chi connectivity index (χ1v) is 7.23. The molecule has 1 aromatic rings. The van der Waals surface area contributed by atoms with E-state index in [1.54, 1.807) is 11.3 Å². The number of hydrogen-bond acceptors (Lipinski definition) is 4. The van der Waals surface area contributed by atoms with E-state index in [-0.39, 0.29) is 6.10 Å². The minimum atomic E-state index is 0.196. The first-order valence-electron chi connectivity index (χ1n) is 6.04. The number of thiophene rings is 1. The molecule has 2 unspecified atom stereocenters. The zero-order chi connectivity index (χ0) is 11.7. The van der Waals surface area contributed by atoms with Gasteiger partial charge in [0.15, 0.2) is 0 Å². The summed E-state index contributed by atoms with van der Waals surface area (Å²) in [4.78, 5) is 1.44. The van der Waals surface area contributed by atoms with Crippen molar-refractivity contribution < 1.29 is 9.47 Å². The Labute approximate surface area is 110 Å². The smallest absolute Gasteiger partial charge is 0.0934 e. The molecule has 0 bridgehead atoms. The summed E-state index contributed by atoms with van der Waals surface area (Å²) < 4.78 is 11.9. The van der Waals surface area contributed by atoms with Crippen molar-refractivity contribution in [2.45, 2.75) is 25.0 Å². The van der Waals surface area contributed by atoms with Crippen LogP contribution in [0.4, 0.5) is 0 Å². The van der Waals surface area contributed by atoms with Gasteiger partial charge in [-0.1, -0.05) is 11.6 Å². The summed E-state index contributed by atoms with van der Waals surface area (Å²) in [6.07, 6.45) is 2.51. The normalized spacial score (nSPS) is 28.3. The van der Waals surface area contributed by atoms with Crippen LogP contribution in [0.2, 0.25) is 4.34 Å². The van der Waals surface area contributed by atoms with Gasteiger partial charge in [-0.15, -0.1) is 11.3 Å². The summed E-state index contributed by atoms with van der Waals surface area (Å²) in [5, 5.41) is 3.56. The SMILES string of the molecule is Clc1cc2c(s1)CCC2NCC1COCCO1. The van der Waals surface area contributed by atoms with E-state index in [0.29, 0.717) is 19.3 Å². The number of ether oxygens (including phenoxy) is 2. The van der Waals surface area contributed by atoms with Gasteiger partial charge in [-0.3, -0.25) is 0 Å². The van der Waals surface area contributed by atoms with Crippen molar-refractivity contribution >= 4 is 22.9 Å². The number of nitrogens with one attached hydrogen (secondary N) is 1. The van der Waals surface area contributed by atoms with Gasteiger partial charge in [0.1, 0.15) is 0 Å². The average molecular weight is 274 g/mol. The molecule has 0 radical (unpaired) electrons. The second kappa shape index (κ2) is 5.24. The fourth-order valence-corrected chi connectivity index (χ4v) is 3.83. The third-order valence-electron chi connectivity index (χ3n) is 3.32. The number of rotatable bonds is 3. The Balaban J connectivity index is 1.56. The second-order valence-corrected chi connectivity index (χ2v) is 6.26. The molecule has 2 aliphatic rings. The van der Waals surface area contributed by atoms with Crippen LogP contribution in [0.1, 0.15) is 22.9 Å². The molecule has 3 nitrogen and oxygen atoms in total. The maximum atomic E-state index is 6.04. The van der Waals surface area contributed by atoms with Crippen LogP contribution in [0.25, 0.3) is 0 Å². The Hall–Kier alpha value is -0.130. The van der Waals surface area contributed by atoms with Gasteiger partial charge in [-0.25, -0.2) is 0 Å². The Morgan fingerprint density at radius 2 is 2.41 bits per heavy atom. The predicted octanol–water partition coefficient (Wildman–Crippen LogP) is 2.39. The highest BCUT2D eigenvalue weighted by molar-refractivity contribution is 7.16.